The molecule has 1 heteroatoms. The summed E-state index contributed by atoms with van der Waals surface area (Å²) in [6, 6.07) is 0. The standard InChI is InChI=1S/C28H50O/c1-3-22-29-23-24-17-20-28(21-18-24,27-15-9-6-10-16-27)19-11-14-25(4-2)26-12-7-5-8-13-26/h3,24-27H,1,4-23H2,2H3. The number of rotatable bonds is 11. The van der Waals surface area contributed by atoms with Crippen LogP contribution in [0.4, 0.5) is 0 Å². The molecule has 0 amide bonds. The van der Waals surface area contributed by atoms with E-state index in [0.717, 1.165) is 36.9 Å². The Morgan fingerprint density at radius 1 is 0.931 bits per heavy atom. The molecule has 3 saturated carbocycles. The Hall–Kier alpha value is -0.300. The quantitative estimate of drug-likeness (QED) is 0.248. The lowest BCUT2D eigenvalue weighted by molar-refractivity contribution is 0.0127. The average molecular weight is 403 g/mol. The lowest BCUT2D eigenvalue weighted by Crippen LogP contribution is -2.37. The van der Waals surface area contributed by atoms with Crippen molar-refractivity contribution in [3.63, 3.8) is 0 Å². The summed E-state index contributed by atoms with van der Waals surface area (Å²) in [6.07, 6.45) is 28.7. The fourth-order valence-electron chi connectivity index (χ4n) is 7.41. The Morgan fingerprint density at radius 3 is 2.21 bits per heavy atom. The van der Waals surface area contributed by atoms with E-state index in [0.29, 0.717) is 5.41 Å². The Bertz CT molecular complexity index is 435. The molecule has 0 spiro atoms. The third-order valence-corrected chi connectivity index (χ3v) is 9.25. The maximum Gasteiger partial charge on any atom is 0.0644 e. The zero-order valence-electron chi connectivity index (χ0n) is 19.6. The van der Waals surface area contributed by atoms with Gasteiger partial charge in [0.15, 0.2) is 0 Å². The number of hydrogen-bond donors (Lipinski definition) is 0. The van der Waals surface area contributed by atoms with Crippen LogP contribution in [0.15, 0.2) is 12.7 Å². The molecule has 1 unspecified atom stereocenters. The molecule has 0 aromatic carbocycles. The first-order chi connectivity index (χ1) is 14.3. The van der Waals surface area contributed by atoms with Gasteiger partial charge in [-0.05, 0) is 74.0 Å². The molecule has 0 saturated heterocycles. The van der Waals surface area contributed by atoms with E-state index in [2.05, 4.69) is 13.5 Å². The van der Waals surface area contributed by atoms with Gasteiger partial charge in [0, 0.05) is 6.61 Å². The molecule has 3 aliphatic rings. The summed E-state index contributed by atoms with van der Waals surface area (Å²) in [7, 11) is 0. The van der Waals surface area contributed by atoms with Crippen molar-refractivity contribution in [2.45, 2.75) is 122 Å². The molecule has 0 bridgehead atoms. The SMILES string of the molecule is C=CCOCC1CCC(CCCC(CC)C2CCCCC2)(C2CCCCC2)CC1. The van der Waals surface area contributed by atoms with E-state index in [-0.39, 0.29) is 0 Å². The Morgan fingerprint density at radius 2 is 1.59 bits per heavy atom. The largest absolute Gasteiger partial charge is 0.377 e. The highest BCUT2D eigenvalue weighted by Gasteiger charge is 2.41. The topological polar surface area (TPSA) is 9.23 Å². The first-order valence-corrected chi connectivity index (χ1v) is 13.5. The first kappa shape index (κ1) is 23.4. The monoisotopic (exact) mass is 402 g/mol. The predicted octanol–water partition coefficient (Wildman–Crippen LogP) is 8.72. The lowest BCUT2D eigenvalue weighted by Gasteiger charge is -2.48. The van der Waals surface area contributed by atoms with Crippen molar-refractivity contribution in [2.75, 3.05) is 13.2 Å². The summed E-state index contributed by atoms with van der Waals surface area (Å²) in [6.45, 7) is 7.94. The highest BCUT2D eigenvalue weighted by Crippen LogP contribution is 2.53. The van der Waals surface area contributed by atoms with Gasteiger partial charge in [0.1, 0.15) is 0 Å². The van der Waals surface area contributed by atoms with Crippen LogP contribution in [-0.4, -0.2) is 13.2 Å². The first-order valence-electron chi connectivity index (χ1n) is 13.5. The molecule has 0 N–H and O–H groups in total. The van der Waals surface area contributed by atoms with Gasteiger partial charge in [0.2, 0.25) is 0 Å². The Labute approximate surface area is 182 Å². The smallest absolute Gasteiger partial charge is 0.0644 e. The van der Waals surface area contributed by atoms with Crippen molar-refractivity contribution >= 4 is 0 Å². The van der Waals surface area contributed by atoms with E-state index < -0.39 is 0 Å². The van der Waals surface area contributed by atoms with Gasteiger partial charge in [-0.3, -0.25) is 0 Å². The van der Waals surface area contributed by atoms with Crippen LogP contribution in [0.1, 0.15) is 122 Å². The van der Waals surface area contributed by atoms with Gasteiger partial charge in [-0.15, -0.1) is 6.58 Å². The van der Waals surface area contributed by atoms with Gasteiger partial charge >= 0.3 is 0 Å². The van der Waals surface area contributed by atoms with Crippen molar-refractivity contribution < 1.29 is 4.74 Å². The van der Waals surface area contributed by atoms with Crippen LogP contribution < -0.4 is 0 Å². The van der Waals surface area contributed by atoms with Gasteiger partial charge in [-0.1, -0.05) is 83.6 Å². The third-order valence-electron chi connectivity index (χ3n) is 9.25. The van der Waals surface area contributed by atoms with Gasteiger partial charge in [0.25, 0.3) is 0 Å². The number of hydrogen-bond acceptors (Lipinski definition) is 1. The van der Waals surface area contributed by atoms with E-state index in [1.54, 1.807) is 0 Å². The van der Waals surface area contributed by atoms with E-state index in [1.807, 2.05) is 6.08 Å². The van der Waals surface area contributed by atoms with Crippen molar-refractivity contribution in [1.82, 2.24) is 0 Å². The van der Waals surface area contributed by atoms with E-state index >= 15 is 0 Å². The molecule has 1 atom stereocenters. The normalized spacial score (nSPS) is 30.9. The minimum absolute atomic E-state index is 0.681. The molecule has 3 rings (SSSR count). The second-order valence-corrected chi connectivity index (χ2v) is 10.9. The minimum Gasteiger partial charge on any atom is -0.377 e. The molecule has 168 valence electrons. The zero-order valence-corrected chi connectivity index (χ0v) is 19.6. The van der Waals surface area contributed by atoms with E-state index in [4.69, 9.17) is 4.74 Å². The van der Waals surface area contributed by atoms with Crippen LogP contribution in [0.2, 0.25) is 0 Å². The Kier molecular flexibility index (Phi) is 10.1. The molecule has 0 aromatic heterocycles. The lowest BCUT2D eigenvalue weighted by atomic mass is 9.58. The van der Waals surface area contributed by atoms with Gasteiger partial charge < -0.3 is 4.74 Å². The molecule has 0 heterocycles. The van der Waals surface area contributed by atoms with E-state index in [1.165, 1.54) is 116 Å². The Balaban J connectivity index is 1.52. The molecular weight excluding hydrogens is 352 g/mol. The highest BCUT2D eigenvalue weighted by atomic mass is 16.5. The van der Waals surface area contributed by atoms with Gasteiger partial charge in [-0.25, -0.2) is 0 Å². The summed E-state index contributed by atoms with van der Waals surface area (Å²) in [4.78, 5) is 0. The summed E-state index contributed by atoms with van der Waals surface area (Å²) in [5.41, 5.74) is 0.681. The summed E-state index contributed by atoms with van der Waals surface area (Å²) < 4.78 is 5.81. The van der Waals surface area contributed by atoms with Crippen LogP contribution >= 0.6 is 0 Å². The van der Waals surface area contributed by atoms with E-state index in [9.17, 15) is 0 Å². The summed E-state index contributed by atoms with van der Waals surface area (Å²) in [5, 5.41) is 0. The molecule has 0 aliphatic heterocycles. The molecule has 0 aromatic rings. The molecule has 3 fully saturated rings. The van der Waals surface area contributed by atoms with Crippen molar-refractivity contribution in [2.24, 2.45) is 29.1 Å². The molecule has 3 aliphatic carbocycles. The molecule has 29 heavy (non-hydrogen) atoms. The van der Waals surface area contributed by atoms with Crippen LogP contribution in [0.25, 0.3) is 0 Å². The molecular formula is C28H50O. The maximum atomic E-state index is 5.81. The van der Waals surface area contributed by atoms with Gasteiger partial charge in [-0.2, -0.15) is 0 Å². The number of ether oxygens (including phenoxy) is 1. The fourth-order valence-corrected chi connectivity index (χ4v) is 7.41. The average Bonchev–Trinajstić information content (AvgIpc) is 2.79. The van der Waals surface area contributed by atoms with Gasteiger partial charge in [0.05, 0.1) is 6.61 Å². The van der Waals surface area contributed by atoms with Crippen LogP contribution in [-0.2, 0) is 4.74 Å². The maximum absolute atomic E-state index is 5.81. The predicted molar refractivity (Wildman–Crippen MR) is 126 cm³/mol. The highest BCUT2D eigenvalue weighted by molar-refractivity contribution is 4.92. The molecule has 0 radical (unpaired) electrons. The summed E-state index contributed by atoms with van der Waals surface area (Å²) >= 11 is 0. The molecule has 1 nitrogen and oxygen atoms in total. The second kappa shape index (κ2) is 12.5. The summed E-state index contributed by atoms with van der Waals surface area (Å²) in [5.74, 6) is 3.90. The fraction of sp³-hybridized carbons (Fsp3) is 0.929. The van der Waals surface area contributed by atoms with Crippen molar-refractivity contribution in [3.05, 3.63) is 12.7 Å². The zero-order chi connectivity index (χ0) is 20.4. The van der Waals surface area contributed by atoms with Crippen molar-refractivity contribution in [3.8, 4) is 0 Å². The third kappa shape index (κ3) is 6.84. The van der Waals surface area contributed by atoms with Crippen molar-refractivity contribution in [1.29, 1.82) is 0 Å². The van der Waals surface area contributed by atoms with Crippen LogP contribution in [0.3, 0.4) is 0 Å². The second-order valence-electron chi connectivity index (χ2n) is 10.9. The van der Waals surface area contributed by atoms with Crippen LogP contribution in [0.5, 0.6) is 0 Å². The minimum atomic E-state index is 0.681. The van der Waals surface area contributed by atoms with Crippen LogP contribution in [0, 0.1) is 29.1 Å².